The SMILES string of the molecule is C=C1CCC(c2c(F)cc(N3CCC(N4CCN(c5ccc6nc7n(c6c5)CCCCCCc5c(cnn5C)-c5cc(cc(C)n5)C(=C)N7)C(C)C4)CC3)cc2F)C(=C)N1. The largest absolute Gasteiger partial charge is 0.371 e. The van der Waals surface area contributed by atoms with E-state index in [0.29, 0.717) is 36.3 Å². The lowest BCUT2D eigenvalue weighted by molar-refractivity contribution is 0.142. The first-order valence-electron chi connectivity index (χ1n) is 21.9. The first-order chi connectivity index (χ1) is 29.0. The van der Waals surface area contributed by atoms with Gasteiger partial charge in [0, 0.05) is 121 Å². The van der Waals surface area contributed by atoms with Crippen molar-refractivity contribution in [3.8, 4) is 11.3 Å². The Labute approximate surface area is 352 Å². The predicted molar refractivity (Wildman–Crippen MR) is 239 cm³/mol. The fourth-order valence-electron chi connectivity index (χ4n) is 10.2. The molecule has 3 fully saturated rings. The van der Waals surface area contributed by atoms with Crippen molar-refractivity contribution < 1.29 is 8.78 Å². The average molecular weight is 813 g/mol. The van der Waals surface area contributed by atoms with Gasteiger partial charge in [0.2, 0.25) is 5.95 Å². The van der Waals surface area contributed by atoms with Crippen LogP contribution in [-0.4, -0.2) is 74.0 Å². The minimum Gasteiger partial charge on any atom is -0.371 e. The van der Waals surface area contributed by atoms with Gasteiger partial charge in [-0.25, -0.2) is 13.8 Å². The lowest BCUT2D eigenvalue weighted by Gasteiger charge is -2.46. The van der Waals surface area contributed by atoms with Gasteiger partial charge >= 0.3 is 0 Å². The van der Waals surface area contributed by atoms with Crippen LogP contribution in [0.5, 0.6) is 0 Å². The van der Waals surface area contributed by atoms with Crippen molar-refractivity contribution in [2.24, 2.45) is 7.05 Å². The van der Waals surface area contributed by atoms with Gasteiger partial charge in [0.25, 0.3) is 0 Å². The second-order valence-corrected chi connectivity index (χ2v) is 17.5. The Morgan fingerprint density at radius 1 is 0.800 bits per heavy atom. The predicted octanol–water partition coefficient (Wildman–Crippen LogP) is 9.29. The molecule has 4 aliphatic rings. The molecule has 0 aliphatic carbocycles. The molecule has 0 radical (unpaired) electrons. The van der Waals surface area contributed by atoms with Crippen LogP contribution in [-0.2, 0) is 20.0 Å². The summed E-state index contributed by atoms with van der Waals surface area (Å²) in [4.78, 5) is 17.3. The van der Waals surface area contributed by atoms with E-state index in [-0.39, 0.29) is 5.56 Å². The topological polar surface area (TPSA) is 82.3 Å². The normalized spacial score (nSPS) is 21.2. The van der Waals surface area contributed by atoms with Gasteiger partial charge in [-0.3, -0.25) is 14.6 Å². The second kappa shape index (κ2) is 16.5. The number of pyridine rings is 1. The fourth-order valence-corrected chi connectivity index (χ4v) is 10.2. The van der Waals surface area contributed by atoms with Crippen molar-refractivity contribution in [3.05, 3.63) is 114 Å². The Morgan fingerprint density at radius 2 is 1.58 bits per heavy atom. The summed E-state index contributed by atoms with van der Waals surface area (Å²) in [6.07, 6.45) is 10.5. The molecule has 2 unspecified atom stereocenters. The number of rotatable bonds is 4. The first-order valence-corrected chi connectivity index (χ1v) is 21.9. The third-order valence-corrected chi connectivity index (χ3v) is 13.4. The van der Waals surface area contributed by atoms with E-state index in [2.05, 4.69) is 92.0 Å². The number of allylic oxidation sites excluding steroid dienone is 2. The van der Waals surface area contributed by atoms with Gasteiger partial charge in [-0.1, -0.05) is 32.6 Å². The summed E-state index contributed by atoms with van der Waals surface area (Å²) in [6, 6.07) is 14.7. The minimum absolute atomic E-state index is 0.109. The number of hydrogen-bond donors (Lipinski definition) is 2. The minimum atomic E-state index is -0.495. The number of hydrogen-bond acceptors (Lipinski definition) is 8. The fraction of sp³-hybridized carbons (Fsp3) is 0.438. The summed E-state index contributed by atoms with van der Waals surface area (Å²) in [5.41, 5.74) is 11.4. The second-order valence-electron chi connectivity index (χ2n) is 17.5. The maximum Gasteiger partial charge on any atom is 0.208 e. The van der Waals surface area contributed by atoms with Gasteiger partial charge in [0.15, 0.2) is 0 Å². The van der Waals surface area contributed by atoms with Crippen LogP contribution in [0.4, 0.5) is 26.1 Å². The highest BCUT2D eigenvalue weighted by molar-refractivity contribution is 5.85. The van der Waals surface area contributed by atoms with Crippen LogP contribution in [0.1, 0.15) is 86.7 Å². The molecule has 2 atom stereocenters. The monoisotopic (exact) mass is 812 g/mol. The Kier molecular flexibility index (Phi) is 11.0. The number of piperidine rings is 2. The van der Waals surface area contributed by atoms with E-state index >= 15 is 8.78 Å². The van der Waals surface area contributed by atoms with Gasteiger partial charge in [-0.05, 0) is 101 Å². The number of aromatic nitrogens is 5. The third kappa shape index (κ3) is 7.82. The van der Waals surface area contributed by atoms with Crippen LogP contribution in [0.25, 0.3) is 28.0 Å². The molecule has 5 aromatic rings. The number of halogens is 2. The molecule has 0 saturated carbocycles. The molecule has 12 heteroatoms. The number of fused-ring (bicyclic) bond motifs is 7. The molecule has 0 amide bonds. The number of nitrogens with one attached hydrogen (secondary N) is 2. The van der Waals surface area contributed by atoms with Crippen molar-refractivity contribution >= 4 is 34.1 Å². The van der Waals surface area contributed by atoms with E-state index in [4.69, 9.17) is 9.97 Å². The number of piperazine rings is 1. The molecule has 3 saturated heterocycles. The van der Waals surface area contributed by atoms with E-state index < -0.39 is 17.6 Å². The molecule has 2 aromatic carbocycles. The standard InChI is InChI=1S/C48H58F2N10/c1-30-12-14-39(34(5)52-30)47-41(49)25-38(26-42(47)50)57-19-16-36(17-20-57)58-21-22-59(32(3)29-58)37-13-15-43-46(27-37)60-18-10-8-7-9-11-45-40(28-51-56(45)6)44-24-35(23-31(2)53-44)33(4)54-48(60)55-43/h13,15,23-28,32,36,39,52H,1,4-5,7-12,14,16-22,29H2,2-3,6H3,(H,54,55). The molecule has 9 rings (SSSR count). The Bertz CT molecular complexity index is 2430. The molecule has 314 valence electrons. The van der Waals surface area contributed by atoms with Crippen LogP contribution in [0.15, 0.2) is 79.8 Å². The molecule has 4 aliphatic heterocycles. The van der Waals surface area contributed by atoms with Crippen LogP contribution < -0.4 is 20.4 Å². The van der Waals surface area contributed by atoms with Gasteiger partial charge in [0.05, 0.1) is 22.9 Å². The lowest BCUT2D eigenvalue weighted by Crippen LogP contribution is -2.57. The van der Waals surface area contributed by atoms with E-state index in [1.165, 1.54) is 23.5 Å². The summed E-state index contributed by atoms with van der Waals surface area (Å²) >= 11 is 0. The van der Waals surface area contributed by atoms with Crippen molar-refractivity contribution in [2.45, 2.75) is 96.2 Å². The summed E-state index contributed by atoms with van der Waals surface area (Å²) < 4.78 is 35.4. The molecule has 0 spiro atoms. The van der Waals surface area contributed by atoms with E-state index in [9.17, 15) is 0 Å². The Hall–Kier alpha value is -5.49. The quantitative estimate of drug-likeness (QED) is 0.186. The Balaban J connectivity index is 0.875. The van der Waals surface area contributed by atoms with Gasteiger partial charge in [-0.15, -0.1) is 0 Å². The van der Waals surface area contributed by atoms with E-state index in [1.54, 1.807) is 0 Å². The lowest BCUT2D eigenvalue weighted by atomic mass is 9.87. The zero-order valence-electron chi connectivity index (χ0n) is 35.4. The smallest absolute Gasteiger partial charge is 0.208 e. The number of aryl methyl sites for hydroxylation is 3. The van der Waals surface area contributed by atoms with Crippen LogP contribution in [0.3, 0.4) is 0 Å². The van der Waals surface area contributed by atoms with Crippen molar-refractivity contribution in [3.63, 3.8) is 0 Å². The molecule has 2 N–H and O–H groups in total. The number of imidazole rings is 1. The summed E-state index contributed by atoms with van der Waals surface area (Å²) in [5, 5.41) is 11.3. The maximum atomic E-state index is 15.5. The van der Waals surface area contributed by atoms with Crippen molar-refractivity contribution in [1.82, 2.24) is 34.5 Å². The number of anilines is 3. The molecule has 2 bridgehead atoms. The third-order valence-electron chi connectivity index (χ3n) is 13.4. The molecule has 60 heavy (non-hydrogen) atoms. The van der Waals surface area contributed by atoms with Crippen LogP contribution in [0, 0.1) is 18.6 Å². The molecular weight excluding hydrogens is 755 g/mol. The zero-order valence-corrected chi connectivity index (χ0v) is 35.4. The van der Waals surface area contributed by atoms with Gasteiger partial charge in [-0.2, -0.15) is 5.10 Å². The maximum absolute atomic E-state index is 15.5. The molecule has 10 nitrogen and oxygen atoms in total. The van der Waals surface area contributed by atoms with E-state index in [1.807, 2.05) is 24.9 Å². The highest BCUT2D eigenvalue weighted by Gasteiger charge is 2.33. The summed E-state index contributed by atoms with van der Waals surface area (Å²) in [5.74, 6) is -0.575. The molecule has 7 heterocycles. The zero-order chi connectivity index (χ0) is 41.7. The average Bonchev–Trinajstić information content (AvgIpc) is 3.77. The van der Waals surface area contributed by atoms with Gasteiger partial charge < -0.3 is 25.0 Å². The Morgan fingerprint density at radius 3 is 2.35 bits per heavy atom. The number of benzene rings is 2. The van der Waals surface area contributed by atoms with Crippen molar-refractivity contribution in [2.75, 3.05) is 47.8 Å². The van der Waals surface area contributed by atoms with Gasteiger partial charge in [0.1, 0.15) is 11.6 Å². The van der Waals surface area contributed by atoms with E-state index in [0.717, 1.165) is 135 Å². The molecular formula is C48H58F2N10. The first kappa shape index (κ1) is 39.9. The van der Waals surface area contributed by atoms with Crippen LogP contribution in [0.2, 0.25) is 0 Å². The van der Waals surface area contributed by atoms with Crippen molar-refractivity contribution in [1.29, 1.82) is 0 Å². The van der Waals surface area contributed by atoms with Crippen LogP contribution >= 0.6 is 0 Å². The highest BCUT2D eigenvalue weighted by Crippen LogP contribution is 2.38. The molecule has 3 aromatic heterocycles. The summed E-state index contributed by atoms with van der Waals surface area (Å²) in [7, 11) is 2.02. The number of nitrogens with zero attached hydrogens (tertiary/aromatic N) is 8. The summed E-state index contributed by atoms with van der Waals surface area (Å²) in [6.45, 7) is 22.1. The highest BCUT2D eigenvalue weighted by atomic mass is 19.1.